The SMILES string of the molecule is Cc1nc(C2CC2)oc1C(=O)N1CCC[C@](C)(C(=O)O)C1. The molecule has 1 aliphatic heterocycles. The van der Waals surface area contributed by atoms with Crippen LogP contribution in [0.15, 0.2) is 4.42 Å². The number of carboxylic acids is 1. The second-order valence-electron chi connectivity index (χ2n) is 6.44. The molecule has 2 fully saturated rings. The minimum Gasteiger partial charge on any atom is -0.481 e. The fraction of sp³-hybridized carbons (Fsp3) is 0.667. The standard InChI is InChI=1S/C15H20N2O4/c1-9-11(21-12(16-9)10-4-5-10)13(18)17-7-3-6-15(2,8-17)14(19)20/h10H,3-8H2,1-2H3,(H,19,20)/t15-/m0/s1. The summed E-state index contributed by atoms with van der Waals surface area (Å²) < 4.78 is 5.63. The number of aryl methyl sites for hydroxylation is 1. The lowest BCUT2D eigenvalue weighted by Crippen LogP contribution is -2.48. The van der Waals surface area contributed by atoms with E-state index in [0.717, 1.165) is 12.8 Å². The van der Waals surface area contributed by atoms with Crippen LogP contribution >= 0.6 is 0 Å². The molecule has 2 heterocycles. The van der Waals surface area contributed by atoms with Crippen LogP contribution in [0.4, 0.5) is 0 Å². The van der Waals surface area contributed by atoms with Crippen LogP contribution in [0.25, 0.3) is 0 Å². The third-order valence-corrected chi connectivity index (χ3v) is 4.43. The number of aliphatic carboxylic acids is 1. The van der Waals surface area contributed by atoms with Gasteiger partial charge in [-0.3, -0.25) is 9.59 Å². The largest absolute Gasteiger partial charge is 0.481 e. The zero-order chi connectivity index (χ0) is 15.2. The normalized spacial score (nSPS) is 25.9. The summed E-state index contributed by atoms with van der Waals surface area (Å²) >= 11 is 0. The summed E-state index contributed by atoms with van der Waals surface area (Å²) in [7, 11) is 0. The maximum atomic E-state index is 12.6. The zero-order valence-electron chi connectivity index (χ0n) is 12.4. The maximum Gasteiger partial charge on any atom is 0.311 e. The number of amides is 1. The molecule has 0 radical (unpaired) electrons. The molecule has 1 aliphatic carbocycles. The molecule has 0 unspecified atom stereocenters. The van der Waals surface area contributed by atoms with Crippen molar-refractivity contribution in [1.29, 1.82) is 0 Å². The van der Waals surface area contributed by atoms with Gasteiger partial charge >= 0.3 is 5.97 Å². The lowest BCUT2D eigenvalue weighted by Gasteiger charge is -2.37. The van der Waals surface area contributed by atoms with Gasteiger partial charge in [-0.15, -0.1) is 0 Å². The molecule has 1 aromatic rings. The van der Waals surface area contributed by atoms with E-state index in [1.54, 1.807) is 18.7 Å². The summed E-state index contributed by atoms with van der Waals surface area (Å²) in [5, 5.41) is 9.33. The van der Waals surface area contributed by atoms with Gasteiger partial charge in [-0.05, 0) is 39.5 Å². The first-order chi connectivity index (χ1) is 9.90. The van der Waals surface area contributed by atoms with Gasteiger partial charge in [-0.1, -0.05) is 0 Å². The lowest BCUT2D eigenvalue weighted by atomic mass is 9.82. The fourth-order valence-electron chi connectivity index (χ4n) is 2.85. The Morgan fingerprint density at radius 2 is 2.14 bits per heavy atom. The molecule has 0 spiro atoms. The summed E-state index contributed by atoms with van der Waals surface area (Å²) in [5.41, 5.74) is -0.272. The molecule has 0 bridgehead atoms. The third kappa shape index (κ3) is 2.54. The Hall–Kier alpha value is -1.85. The van der Waals surface area contributed by atoms with Gasteiger partial charge in [-0.2, -0.15) is 0 Å². The van der Waals surface area contributed by atoms with Crippen LogP contribution in [0, 0.1) is 12.3 Å². The van der Waals surface area contributed by atoms with E-state index in [4.69, 9.17) is 4.42 Å². The predicted molar refractivity (Wildman–Crippen MR) is 74.1 cm³/mol. The van der Waals surface area contributed by atoms with E-state index in [9.17, 15) is 14.7 Å². The van der Waals surface area contributed by atoms with Crippen molar-refractivity contribution in [2.45, 2.75) is 45.4 Å². The minimum absolute atomic E-state index is 0.222. The molecule has 1 atom stereocenters. The highest BCUT2D eigenvalue weighted by Crippen LogP contribution is 2.40. The average Bonchev–Trinajstić information content (AvgIpc) is 3.21. The molecule has 1 aromatic heterocycles. The molecule has 114 valence electrons. The highest BCUT2D eigenvalue weighted by atomic mass is 16.4. The number of carbonyl (C=O) groups excluding carboxylic acids is 1. The Morgan fingerprint density at radius 3 is 2.76 bits per heavy atom. The molecule has 21 heavy (non-hydrogen) atoms. The summed E-state index contributed by atoms with van der Waals surface area (Å²) in [6.07, 6.45) is 3.41. The Labute approximate surface area is 123 Å². The van der Waals surface area contributed by atoms with Crippen molar-refractivity contribution in [3.63, 3.8) is 0 Å². The lowest BCUT2D eigenvalue weighted by molar-refractivity contribution is -0.150. The van der Waals surface area contributed by atoms with Crippen LogP contribution in [-0.2, 0) is 4.79 Å². The zero-order valence-corrected chi connectivity index (χ0v) is 12.4. The van der Waals surface area contributed by atoms with Crippen molar-refractivity contribution >= 4 is 11.9 Å². The molecule has 1 N–H and O–H groups in total. The van der Waals surface area contributed by atoms with Gasteiger partial charge in [0.15, 0.2) is 5.89 Å². The van der Waals surface area contributed by atoms with Crippen molar-refractivity contribution in [1.82, 2.24) is 9.88 Å². The topological polar surface area (TPSA) is 83.6 Å². The van der Waals surface area contributed by atoms with Crippen LogP contribution in [0.5, 0.6) is 0 Å². The van der Waals surface area contributed by atoms with Crippen molar-refractivity contribution in [2.24, 2.45) is 5.41 Å². The number of piperidine rings is 1. The van der Waals surface area contributed by atoms with E-state index in [2.05, 4.69) is 4.98 Å². The Balaban J connectivity index is 1.79. The van der Waals surface area contributed by atoms with E-state index in [-0.39, 0.29) is 18.2 Å². The monoisotopic (exact) mass is 292 g/mol. The smallest absolute Gasteiger partial charge is 0.311 e. The van der Waals surface area contributed by atoms with Crippen LogP contribution in [-0.4, -0.2) is 40.0 Å². The molecule has 0 aromatic carbocycles. The number of oxazole rings is 1. The highest BCUT2D eigenvalue weighted by molar-refractivity contribution is 5.93. The van der Waals surface area contributed by atoms with Crippen molar-refractivity contribution < 1.29 is 19.1 Å². The van der Waals surface area contributed by atoms with Gasteiger partial charge in [0.25, 0.3) is 5.91 Å². The van der Waals surface area contributed by atoms with Gasteiger partial charge in [-0.25, -0.2) is 4.98 Å². The molecule has 2 aliphatic rings. The van der Waals surface area contributed by atoms with E-state index in [1.165, 1.54) is 0 Å². The fourth-order valence-corrected chi connectivity index (χ4v) is 2.85. The summed E-state index contributed by atoms with van der Waals surface area (Å²) in [5.74, 6) is 0.184. The van der Waals surface area contributed by atoms with E-state index in [1.807, 2.05) is 0 Å². The van der Waals surface area contributed by atoms with Gasteiger partial charge in [0.05, 0.1) is 11.1 Å². The Kier molecular flexibility index (Phi) is 3.26. The molecular formula is C15H20N2O4. The Bertz CT molecular complexity index is 590. The third-order valence-electron chi connectivity index (χ3n) is 4.43. The number of likely N-dealkylation sites (tertiary alicyclic amines) is 1. The average molecular weight is 292 g/mol. The summed E-state index contributed by atoms with van der Waals surface area (Å²) in [6, 6.07) is 0. The first-order valence-corrected chi connectivity index (χ1v) is 7.41. The molecule has 1 saturated carbocycles. The van der Waals surface area contributed by atoms with Gasteiger partial charge in [0, 0.05) is 19.0 Å². The number of aromatic nitrogens is 1. The number of hydrogen-bond acceptors (Lipinski definition) is 4. The number of carbonyl (C=O) groups is 2. The first kappa shape index (κ1) is 14.1. The van der Waals surface area contributed by atoms with Crippen LogP contribution in [0.1, 0.15) is 60.7 Å². The number of carboxylic acid groups (broad SMARTS) is 1. The molecular weight excluding hydrogens is 272 g/mol. The quantitative estimate of drug-likeness (QED) is 0.923. The van der Waals surface area contributed by atoms with Crippen LogP contribution in [0.2, 0.25) is 0 Å². The minimum atomic E-state index is -0.874. The van der Waals surface area contributed by atoms with E-state index in [0.29, 0.717) is 36.9 Å². The second-order valence-corrected chi connectivity index (χ2v) is 6.44. The summed E-state index contributed by atoms with van der Waals surface area (Å²) in [6.45, 7) is 4.25. The van der Waals surface area contributed by atoms with Crippen molar-refractivity contribution in [2.75, 3.05) is 13.1 Å². The van der Waals surface area contributed by atoms with Gasteiger partial charge < -0.3 is 14.4 Å². The number of nitrogens with zero attached hydrogens (tertiary/aromatic N) is 2. The van der Waals surface area contributed by atoms with Crippen molar-refractivity contribution in [3.05, 3.63) is 17.3 Å². The molecule has 1 saturated heterocycles. The second kappa shape index (κ2) is 4.86. The maximum absolute atomic E-state index is 12.6. The van der Waals surface area contributed by atoms with E-state index < -0.39 is 11.4 Å². The molecule has 6 nitrogen and oxygen atoms in total. The van der Waals surface area contributed by atoms with Gasteiger partial charge in [0.1, 0.15) is 0 Å². The van der Waals surface area contributed by atoms with Crippen LogP contribution < -0.4 is 0 Å². The first-order valence-electron chi connectivity index (χ1n) is 7.41. The highest BCUT2D eigenvalue weighted by Gasteiger charge is 2.41. The van der Waals surface area contributed by atoms with E-state index >= 15 is 0 Å². The van der Waals surface area contributed by atoms with Crippen molar-refractivity contribution in [3.8, 4) is 0 Å². The number of hydrogen-bond donors (Lipinski definition) is 1. The summed E-state index contributed by atoms with van der Waals surface area (Å²) in [4.78, 5) is 29.9. The van der Waals surface area contributed by atoms with Crippen LogP contribution in [0.3, 0.4) is 0 Å². The Morgan fingerprint density at radius 1 is 1.43 bits per heavy atom. The molecule has 6 heteroatoms. The number of rotatable bonds is 3. The predicted octanol–water partition coefficient (Wildman–Crippen LogP) is 2.19. The molecule has 3 rings (SSSR count). The molecule has 1 amide bonds. The van der Waals surface area contributed by atoms with Gasteiger partial charge in [0.2, 0.25) is 5.76 Å².